The third-order valence-corrected chi connectivity index (χ3v) is 5.89. The van der Waals surface area contributed by atoms with Gasteiger partial charge in [0.2, 0.25) is 0 Å². The summed E-state index contributed by atoms with van der Waals surface area (Å²) >= 11 is 0. The van der Waals surface area contributed by atoms with Gasteiger partial charge in [-0.25, -0.2) is 9.97 Å². The average molecular weight is 403 g/mol. The Morgan fingerprint density at radius 2 is 1.47 bits per heavy atom. The fourth-order valence-corrected chi connectivity index (χ4v) is 3.87. The second-order valence-electron chi connectivity index (χ2n) is 8.32. The number of benzene rings is 2. The molecule has 0 aliphatic carbocycles. The van der Waals surface area contributed by atoms with Crippen LogP contribution in [-0.2, 0) is 19.4 Å². The number of hydrogen-bond donors (Lipinski definition) is 0. The molecule has 3 aromatic rings. The van der Waals surface area contributed by atoms with Gasteiger partial charge in [-0.2, -0.15) is 0 Å². The van der Waals surface area contributed by atoms with E-state index in [1.54, 1.807) is 0 Å². The minimum absolute atomic E-state index is 0.477. The van der Waals surface area contributed by atoms with Crippen LogP contribution < -0.4 is 4.74 Å². The Labute approximate surface area is 181 Å². The summed E-state index contributed by atoms with van der Waals surface area (Å²) in [7, 11) is 0. The van der Waals surface area contributed by atoms with Crippen molar-refractivity contribution in [2.24, 2.45) is 0 Å². The third-order valence-electron chi connectivity index (χ3n) is 5.89. The summed E-state index contributed by atoms with van der Waals surface area (Å²) in [4.78, 5) is 9.82. The van der Waals surface area contributed by atoms with Crippen molar-refractivity contribution < 1.29 is 4.74 Å². The van der Waals surface area contributed by atoms with Crippen molar-refractivity contribution in [1.82, 2.24) is 9.97 Å². The quantitative estimate of drug-likeness (QED) is 0.431. The minimum Gasteiger partial charge on any atom is -0.488 e. The van der Waals surface area contributed by atoms with Crippen molar-refractivity contribution >= 4 is 0 Å². The molecule has 2 aromatic carbocycles. The molecule has 158 valence electrons. The highest BCUT2D eigenvalue weighted by molar-refractivity contribution is 5.65. The highest BCUT2D eigenvalue weighted by Gasteiger charge is 2.16. The van der Waals surface area contributed by atoms with Crippen LogP contribution in [0.3, 0.4) is 0 Å². The van der Waals surface area contributed by atoms with Gasteiger partial charge in [0.05, 0.1) is 0 Å². The van der Waals surface area contributed by atoms with Crippen molar-refractivity contribution in [1.29, 1.82) is 0 Å². The van der Waals surface area contributed by atoms with Gasteiger partial charge in [0, 0.05) is 22.5 Å². The lowest BCUT2D eigenvalue weighted by molar-refractivity contribution is 0.301. The predicted octanol–water partition coefficient (Wildman–Crippen LogP) is 6.90. The molecule has 1 aromatic heterocycles. The zero-order chi connectivity index (χ0) is 21.8. The first-order chi connectivity index (χ1) is 14.3. The number of aromatic nitrogens is 2. The molecule has 0 atom stereocenters. The monoisotopic (exact) mass is 402 g/mol. The van der Waals surface area contributed by atoms with Gasteiger partial charge in [0.1, 0.15) is 12.4 Å². The van der Waals surface area contributed by atoms with Crippen molar-refractivity contribution in [3.8, 4) is 17.1 Å². The Balaban J connectivity index is 1.93. The highest BCUT2D eigenvalue weighted by Crippen LogP contribution is 2.29. The first-order valence-corrected chi connectivity index (χ1v) is 11.0. The molecule has 0 amide bonds. The van der Waals surface area contributed by atoms with E-state index in [0.29, 0.717) is 12.5 Å². The average Bonchev–Trinajstić information content (AvgIpc) is 2.73. The smallest absolute Gasteiger partial charge is 0.160 e. The summed E-state index contributed by atoms with van der Waals surface area (Å²) in [5, 5.41) is 0. The number of hydrogen-bond acceptors (Lipinski definition) is 3. The number of rotatable bonds is 7. The summed E-state index contributed by atoms with van der Waals surface area (Å²) in [5.74, 6) is 2.25. The minimum atomic E-state index is 0.477. The SMILES string of the molecule is CCc1cccc(CC)c1-c1nc(C)c(COc2cc(C(C)C)ccc2C)c(C)n1. The summed E-state index contributed by atoms with van der Waals surface area (Å²) in [6, 6.07) is 13.0. The van der Waals surface area contributed by atoms with E-state index in [1.165, 1.54) is 22.3 Å². The van der Waals surface area contributed by atoms with Crippen molar-refractivity contribution in [3.05, 3.63) is 75.6 Å². The van der Waals surface area contributed by atoms with Crippen LogP contribution in [0.25, 0.3) is 11.4 Å². The Kier molecular flexibility index (Phi) is 6.91. The van der Waals surface area contributed by atoms with Gasteiger partial charge in [-0.1, -0.05) is 58.0 Å². The van der Waals surface area contributed by atoms with E-state index < -0.39 is 0 Å². The van der Waals surface area contributed by atoms with Crippen LogP contribution in [0.4, 0.5) is 0 Å². The maximum absolute atomic E-state index is 6.23. The first-order valence-electron chi connectivity index (χ1n) is 11.0. The largest absolute Gasteiger partial charge is 0.488 e. The van der Waals surface area contributed by atoms with E-state index in [0.717, 1.165) is 46.9 Å². The van der Waals surface area contributed by atoms with Gasteiger partial charge in [-0.05, 0) is 67.9 Å². The standard InChI is InChI=1S/C27H34N2O/c1-8-21-11-10-12-22(9-2)26(21)27-28-19(6)24(20(7)29-27)16-30-25-15-23(17(3)4)14-13-18(25)5/h10-15,17H,8-9,16H2,1-7H3. The lowest BCUT2D eigenvalue weighted by atomic mass is 9.96. The van der Waals surface area contributed by atoms with Crippen molar-refractivity contribution in [3.63, 3.8) is 0 Å². The summed E-state index contributed by atoms with van der Waals surface area (Å²) in [6.07, 6.45) is 1.95. The summed E-state index contributed by atoms with van der Waals surface area (Å²) in [6.45, 7) is 15.5. The van der Waals surface area contributed by atoms with Crippen LogP contribution in [0.15, 0.2) is 36.4 Å². The molecule has 0 aliphatic heterocycles. The molecule has 3 nitrogen and oxygen atoms in total. The Morgan fingerprint density at radius 3 is 2.00 bits per heavy atom. The fourth-order valence-electron chi connectivity index (χ4n) is 3.87. The summed E-state index contributed by atoms with van der Waals surface area (Å²) in [5.41, 5.74) is 9.29. The second-order valence-corrected chi connectivity index (χ2v) is 8.32. The van der Waals surface area contributed by atoms with E-state index in [2.05, 4.69) is 84.9 Å². The molecule has 0 aliphatic rings. The molecule has 3 rings (SSSR count). The van der Waals surface area contributed by atoms with Crippen LogP contribution in [0, 0.1) is 20.8 Å². The van der Waals surface area contributed by atoms with E-state index in [1.807, 2.05) is 0 Å². The molecule has 3 heteroatoms. The van der Waals surface area contributed by atoms with Gasteiger partial charge < -0.3 is 4.74 Å². The zero-order valence-electron chi connectivity index (χ0n) is 19.5. The lowest BCUT2D eigenvalue weighted by Crippen LogP contribution is -2.08. The van der Waals surface area contributed by atoms with Crippen molar-refractivity contribution in [2.45, 2.75) is 73.8 Å². The van der Waals surface area contributed by atoms with Gasteiger partial charge in [0.25, 0.3) is 0 Å². The molecule has 0 radical (unpaired) electrons. The Bertz CT molecular complexity index is 992. The van der Waals surface area contributed by atoms with Crippen molar-refractivity contribution in [2.75, 3.05) is 0 Å². The van der Waals surface area contributed by atoms with Crippen LogP contribution in [0.2, 0.25) is 0 Å². The van der Waals surface area contributed by atoms with E-state index in [-0.39, 0.29) is 0 Å². The topological polar surface area (TPSA) is 35.0 Å². The van der Waals surface area contributed by atoms with Gasteiger partial charge >= 0.3 is 0 Å². The van der Waals surface area contributed by atoms with Crippen LogP contribution in [-0.4, -0.2) is 9.97 Å². The predicted molar refractivity (Wildman–Crippen MR) is 125 cm³/mol. The highest BCUT2D eigenvalue weighted by atomic mass is 16.5. The van der Waals surface area contributed by atoms with Gasteiger partial charge in [0.15, 0.2) is 5.82 Å². The number of ether oxygens (including phenoxy) is 1. The lowest BCUT2D eigenvalue weighted by Gasteiger charge is -2.17. The molecule has 0 spiro atoms. The second kappa shape index (κ2) is 9.42. The first kappa shape index (κ1) is 22.0. The summed E-state index contributed by atoms with van der Waals surface area (Å²) < 4.78 is 6.23. The molecule has 0 unspecified atom stereocenters. The van der Waals surface area contributed by atoms with E-state index >= 15 is 0 Å². The van der Waals surface area contributed by atoms with Gasteiger partial charge in [-0.15, -0.1) is 0 Å². The molecule has 1 heterocycles. The molecule has 0 bridgehead atoms. The normalized spacial score (nSPS) is 11.2. The maximum Gasteiger partial charge on any atom is 0.160 e. The molecular formula is C27H34N2O. The third kappa shape index (κ3) is 4.56. The zero-order valence-corrected chi connectivity index (χ0v) is 19.5. The number of aryl methyl sites for hydroxylation is 5. The molecular weight excluding hydrogens is 368 g/mol. The molecule has 0 fully saturated rings. The Morgan fingerprint density at radius 1 is 0.867 bits per heavy atom. The number of nitrogens with zero attached hydrogens (tertiary/aromatic N) is 2. The van der Waals surface area contributed by atoms with Gasteiger partial charge in [-0.3, -0.25) is 0 Å². The Hall–Kier alpha value is -2.68. The fraction of sp³-hybridized carbons (Fsp3) is 0.407. The molecule has 0 saturated carbocycles. The molecule has 0 N–H and O–H groups in total. The van der Waals surface area contributed by atoms with Crippen LogP contribution in [0.1, 0.15) is 72.8 Å². The van der Waals surface area contributed by atoms with E-state index in [4.69, 9.17) is 14.7 Å². The maximum atomic E-state index is 6.23. The van der Waals surface area contributed by atoms with Crippen LogP contribution in [0.5, 0.6) is 5.75 Å². The molecule has 30 heavy (non-hydrogen) atoms. The van der Waals surface area contributed by atoms with Crippen LogP contribution >= 0.6 is 0 Å². The van der Waals surface area contributed by atoms with E-state index in [9.17, 15) is 0 Å². The molecule has 0 saturated heterocycles.